The van der Waals surface area contributed by atoms with E-state index in [0.717, 1.165) is 25.7 Å². The predicted molar refractivity (Wildman–Crippen MR) is 367 cm³/mol. The van der Waals surface area contributed by atoms with Gasteiger partial charge in [-0.05, 0) is 174 Å². The third-order valence-corrected chi connectivity index (χ3v) is 17.6. The van der Waals surface area contributed by atoms with E-state index >= 15 is 0 Å². The smallest absolute Gasteiger partial charge is 0.0149 e. The van der Waals surface area contributed by atoms with Crippen LogP contribution in [0.15, 0.2) is 231 Å². The van der Waals surface area contributed by atoms with E-state index in [1.807, 2.05) is 0 Å². The molecular formula is C84H90. The quantitative estimate of drug-likeness (QED) is 0.0410. The van der Waals surface area contributed by atoms with Gasteiger partial charge in [-0.25, -0.2) is 0 Å². The molecule has 0 atom stereocenters. The Kier molecular flexibility index (Phi) is 21.7. The van der Waals surface area contributed by atoms with Crippen molar-refractivity contribution in [3.05, 3.63) is 253 Å². The summed E-state index contributed by atoms with van der Waals surface area (Å²) in [6.45, 7) is 9.23. The van der Waals surface area contributed by atoms with Crippen LogP contribution in [0.2, 0.25) is 0 Å². The van der Waals surface area contributed by atoms with Crippen LogP contribution in [-0.2, 0) is 25.7 Å². The van der Waals surface area contributed by atoms with Gasteiger partial charge >= 0.3 is 0 Å². The third-order valence-electron chi connectivity index (χ3n) is 17.6. The molecule has 0 aromatic heterocycles. The number of hydrogen-bond acceptors (Lipinski definition) is 0. The molecule has 0 heterocycles. The van der Waals surface area contributed by atoms with Crippen LogP contribution in [0, 0.1) is 0 Å². The van der Waals surface area contributed by atoms with E-state index in [9.17, 15) is 0 Å². The van der Waals surface area contributed by atoms with Gasteiger partial charge in [0.15, 0.2) is 0 Å². The van der Waals surface area contributed by atoms with Crippen LogP contribution in [0.4, 0.5) is 0 Å². The number of rotatable bonds is 29. The normalized spacial score (nSPS) is 11.3. The van der Waals surface area contributed by atoms with Crippen molar-refractivity contribution in [1.82, 2.24) is 0 Å². The highest BCUT2D eigenvalue weighted by Crippen LogP contribution is 2.39. The minimum Gasteiger partial charge on any atom is -0.0654 e. The fraction of sp³-hybridized carbons (Fsp3) is 0.286. The van der Waals surface area contributed by atoms with E-state index in [-0.39, 0.29) is 0 Å². The summed E-state index contributed by atoms with van der Waals surface area (Å²) in [6, 6.07) is 87.6. The second-order valence-electron chi connectivity index (χ2n) is 23.8. The molecular weight excluding hydrogens is 1010 g/mol. The minimum atomic E-state index is 1.10. The van der Waals surface area contributed by atoms with Gasteiger partial charge in [-0.3, -0.25) is 0 Å². The molecule has 84 heavy (non-hydrogen) atoms. The van der Waals surface area contributed by atoms with E-state index < -0.39 is 0 Å². The number of unbranched alkanes of at least 4 members (excludes halogenated alkanes) is 12. The fourth-order valence-corrected chi connectivity index (χ4v) is 12.6. The first-order valence-electron chi connectivity index (χ1n) is 32.6. The maximum absolute atomic E-state index is 2.56. The fourth-order valence-electron chi connectivity index (χ4n) is 12.6. The summed E-state index contributed by atoms with van der Waals surface area (Å²) >= 11 is 0. The van der Waals surface area contributed by atoms with Crippen molar-refractivity contribution in [1.29, 1.82) is 0 Å². The molecule has 10 aromatic rings. The third kappa shape index (κ3) is 15.5. The lowest BCUT2D eigenvalue weighted by atomic mass is 9.86. The molecule has 0 saturated carbocycles. The molecule has 426 valence electrons. The molecule has 0 aliphatic carbocycles. The molecule has 0 saturated heterocycles. The highest BCUT2D eigenvalue weighted by atomic mass is 14.2. The minimum absolute atomic E-state index is 1.10. The Morgan fingerprint density at radius 2 is 0.333 bits per heavy atom. The summed E-state index contributed by atoms with van der Waals surface area (Å²) in [5, 5.41) is 0. The molecule has 0 aliphatic rings. The highest BCUT2D eigenvalue weighted by molar-refractivity contribution is 5.82. The number of benzene rings is 10. The summed E-state index contributed by atoms with van der Waals surface area (Å²) in [6.07, 6.45) is 24.5. The SMILES string of the molecule is CCCCCCc1cc(-c2ccc(-c3ccc(-c4ccc(-c5ccc(-c6cc(CCCCCC)c(-c7ccc(-c8ccccc8)cc7)cc6CCCCCC)cc5)cc4)cc3)cc2)c(CCCCCC)cc1-c1ccc(-c2ccccc2)cc1. The molecule has 0 bridgehead atoms. The van der Waals surface area contributed by atoms with Crippen LogP contribution in [0.25, 0.3) is 100 Å². The van der Waals surface area contributed by atoms with Gasteiger partial charge < -0.3 is 0 Å². The lowest BCUT2D eigenvalue weighted by Crippen LogP contribution is -1.99. The Bertz CT molecular complexity index is 3320. The van der Waals surface area contributed by atoms with Crippen LogP contribution in [0.1, 0.15) is 153 Å². The van der Waals surface area contributed by atoms with Gasteiger partial charge in [0.25, 0.3) is 0 Å². The summed E-state index contributed by atoms with van der Waals surface area (Å²) in [5.74, 6) is 0. The van der Waals surface area contributed by atoms with Gasteiger partial charge in [-0.2, -0.15) is 0 Å². The van der Waals surface area contributed by atoms with Crippen molar-refractivity contribution in [3.63, 3.8) is 0 Å². The maximum Gasteiger partial charge on any atom is -0.0149 e. The first kappa shape index (κ1) is 59.4. The van der Waals surface area contributed by atoms with E-state index in [4.69, 9.17) is 0 Å². The van der Waals surface area contributed by atoms with Gasteiger partial charge in [-0.15, -0.1) is 0 Å². The van der Waals surface area contributed by atoms with Crippen LogP contribution in [-0.4, -0.2) is 0 Å². The van der Waals surface area contributed by atoms with E-state index in [1.54, 1.807) is 0 Å². The van der Waals surface area contributed by atoms with Crippen LogP contribution in [0.5, 0.6) is 0 Å². The van der Waals surface area contributed by atoms with Crippen molar-refractivity contribution in [2.75, 3.05) is 0 Å². The summed E-state index contributed by atoms with van der Waals surface area (Å²) in [5.41, 5.74) is 29.3. The zero-order chi connectivity index (χ0) is 57.7. The lowest BCUT2D eigenvalue weighted by molar-refractivity contribution is 0.664. The zero-order valence-electron chi connectivity index (χ0n) is 51.1. The van der Waals surface area contributed by atoms with Crippen molar-refractivity contribution in [2.24, 2.45) is 0 Å². The maximum atomic E-state index is 2.56. The van der Waals surface area contributed by atoms with Gasteiger partial charge in [0.05, 0.1) is 0 Å². The molecule has 0 unspecified atom stereocenters. The van der Waals surface area contributed by atoms with Gasteiger partial charge in [-0.1, -0.05) is 335 Å². The van der Waals surface area contributed by atoms with E-state index in [1.165, 1.54) is 225 Å². The molecule has 0 N–H and O–H groups in total. The standard InChI is InChI=1S/C84H90/c1-5-9-13-19-31-77-61-83(79(33-21-15-11-7-3)59-81(77)73-51-43-65(44-52-73)63-27-23-17-24-28-63)75-55-47-71(48-56-75)69-39-35-67(36-40-69)68-37-41-70(42-38-68)72-49-57-76(58-50-72)84-62-78(32-20-14-10-6-2)82(60-80(84)34-22-16-12-8-4)74-53-45-66(46-54-74)64-29-25-18-26-30-64/h17-18,23-30,35-62H,5-16,19-22,31-34H2,1-4H3. The van der Waals surface area contributed by atoms with E-state index in [2.05, 4.69) is 258 Å². The highest BCUT2D eigenvalue weighted by Gasteiger charge is 2.17. The van der Waals surface area contributed by atoms with Crippen molar-refractivity contribution < 1.29 is 0 Å². The van der Waals surface area contributed by atoms with Crippen LogP contribution >= 0.6 is 0 Å². The van der Waals surface area contributed by atoms with Crippen LogP contribution < -0.4 is 0 Å². The summed E-state index contributed by atoms with van der Waals surface area (Å²) in [4.78, 5) is 0. The molecule has 0 heteroatoms. The van der Waals surface area contributed by atoms with E-state index in [0.29, 0.717) is 0 Å². The molecule has 10 rings (SSSR count). The monoisotopic (exact) mass is 1100 g/mol. The molecule has 0 fully saturated rings. The average Bonchev–Trinajstić information content (AvgIpc) is 3.73. The van der Waals surface area contributed by atoms with Crippen LogP contribution in [0.3, 0.4) is 0 Å². The number of aryl methyl sites for hydroxylation is 4. The summed E-state index contributed by atoms with van der Waals surface area (Å²) in [7, 11) is 0. The largest absolute Gasteiger partial charge is 0.0654 e. The van der Waals surface area contributed by atoms with Crippen molar-refractivity contribution >= 4 is 0 Å². The summed E-state index contributed by atoms with van der Waals surface area (Å²) < 4.78 is 0. The second kappa shape index (κ2) is 30.7. The van der Waals surface area contributed by atoms with Crippen molar-refractivity contribution in [3.8, 4) is 100 Å². The lowest BCUT2D eigenvalue weighted by Gasteiger charge is -2.18. The Hall–Kier alpha value is -7.80. The molecule has 0 aliphatic heterocycles. The topological polar surface area (TPSA) is 0 Å². The Balaban J connectivity index is 0.864. The number of hydrogen-bond donors (Lipinski definition) is 0. The molecule has 0 nitrogen and oxygen atoms in total. The Morgan fingerprint density at radius 1 is 0.167 bits per heavy atom. The predicted octanol–water partition coefficient (Wildman–Crippen LogP) is 25.2. The average molecular weight is 1100 g/mol. The van der Waals surface area contributed by atoms with Gasteiger partial charge in [0, 0.05) is 0 Å². The Morgan fingerprint density at radius 3 is 0.512 bits per heavy atom. The molecule has 0 amide bonds. The first-order valence-corrected chi connectivity index (χ1v) is 32.6. The molecule has 0 spiro atoms. The first-order chi connectivity index (χ1) is 41.5. The van der Waals surface area contributed by atoms with Crippen molar-refractivity contribution in [2.45, 2.75) is 156 Å². The second-order valence-corrected chi connectivity index (χ2v) is 23.8. The Labute approximate surface area is 506 Å². The zero-order valence-corrected chi connectivity index (χ0v) is 51.1. The van der Waals surface area contributed by atoms with Gasteiger partial charge in [0.2, 0.25) is 0 Å². The molecule has 10 aromatic carbocycles. The molecule has 0 radical (unpaired) electrons. The van der Waals surface area contributed by atoms with Gasteiger partial charge in [0.1, 0.15) is 0 Å².